The van der Waals surface area contributed by atoms with Crippen molar-refractivity contribution in [2.45, 2.75) is 5.92 Å². The highest BCUT2D eigenvalue weighted by molar-refractivity contribution is 9.10. The van der Waals surface area contributed by atoms with E-state index in [0.717, 1.165) is 17.0 Å². The summed E-state index contributed by atoms with van der Waals surface area (Å²) >= 11 is 3.02. The van der Waals surface area contributed by atoms with Crippen molar-refractivity contribution in [2.24, 2.45) is 0 Å². The lowest BCUT2D eigenvalue weighted by atomic mass is 10.1. The lowest BCUT2D eigenvalue weighted by Crippen LogP contribution is -2.58. The molecule has 1 aromatic rings. The Kier molecular flexibility index (Phi) is 2.69. The van der Waals surface area contributed by atoms with Gasteiger partial charge in [0.15, 0.2) is 0 Å². The molecule has 0 bridgehead atoms. The van der Waals surface area contributed by atoms with E-state index in [-0.39, 0.29) is 10.0 Å². The van der Waals surface area contributed by atoms with Crippen molar-refractivity contribution >= 4 is 21.8 Å². The van der Waals surface area contributed by atoms with Crippen molar-refractivity contribution in [1.29, 1.82) is 0 Å². The molecule has 0 radical (unpaired) electrons. The van der Waals surface area contributed by atoms with Gasteiger partial charge in [-0.05, 0) is 34.1 Å². The van der Waals surface area contributed by atoms with Crippen LogP contribution in [-0.2, 0) is 0 Å². The number of nitrogens with zero attached hydrogens (tertiary/aromatic N) is 1. The van der Waals surface area contributed by atoms with Gasteiger partial charge in [-0.2, -0.15) is 0 Å². The molecule has 16 heavy (non-hydrogen) atoms. The second-order valence-corrected chi connectivity index (χ2v) is 4.50. The first kappa shape index (κ1) is 11.4. The van der Waals surface area contributed by atoms with E-state index in [0.29, 0.717) is 0 Å². The number of carbonyl (C=O) groups excluding carboxylic acids is 1. The molecule has 2 nitrogen and oxygen atoms in total. The summed E-state index contributed by atoms with van der Waals surface area (Å²) in [6, 6.07) is 3.53. The van der Waals surface area contributed by atoms with E-state index in [1.807, 2.05) is 0 Å². The first-order valence-electron chi connectivity index (χ1n) is 4.51. The van der Waals surface area contributed by atoms with Gasteiger partial charge in [-0.25, -0.2) is 13.2 Å². The van der Waals surface area contributed by atoms with Crippen molar-refractivity contribution in [3.8, 4) is 0 Å². The van der Waals surface area contributed by atoms with Crippen LogP contribution in [0, 0.1) is 5.82 Å². The normalized spacial score (nSPS) is 18.1. The highest BCUT2D eigenvalue weighted by atomic mass is 79.9. The van der Waals surface area contributed by atoms with Crippen LogP contribution in [0.3, 0.4) is 0 Å². The number of amides is 1. The second kappa shape index (κ2) is 3.76. The van der Waals surface area contributed by atoms with Crippen LogP contribution in [-0.4, -0.2) is 29.8 Å². The minimum atomic E-state index is -2.79. The van der Waals surface area contributed by atoms with Crippen LogP contribution in [0.5, 0.6) is 0 Å². The summed E-state index contributed by atoms with van der Waals surface area (Å²) in [7, 11) is 0. The lowest BCUT2D eigenvalue weighted by molar-refractivity contribution is -0.113. The fraction of sp³-hybridized carbons (Fsp3) is 0.300. The molecule has 0 spiro atoms. The van der Waals surface area contributed by atoms with E-state index < -0.39 is 30.7 Å². The van der Waals surface area contributed by atoms with Crippen LogP contribution in [0.4, 0.5) is 13.2 Å². The third-order valence-corrected chi connectivity index (χ3v) is 2.95. The van der Waals surface area contributed by atoms with Crippen LogP contribution < -0.4 is 0 Å². The lowest BCUT2D eigenvalue weighted by Gasteiger charge is -2.38. The van der Waals surface area contributed by atoms with Gasteiger partial charge in [0.1, 0.15) is 5.82 Å². The summed E-state index contributed by atoms with van der Waals surface area (Å²) in [5.41, 5.74) is 0.192. The summed E-state index contributed by atoms with van der Waals surface area (Å²) in [4.78, 5) is 12.7. The Balaban J connectivity index is 2.16. The van der Waals surface area contributed by atoms with Gasteiger partial charge in [-0.3, -0.25) is 4.79 Å². The number of halogens is 4. The van der Waals surface area contributed by atoms with E-state index in [4.69, 9.17) is 0 Å². The summed E-state index contributed by atoms with van der Waals surface area (Å²) in [6.45, 7) is -1.15. The maximum atomic E-state index is 12.8. The van der Waals surface area contributed by atoms with Crippen molar-refractivity contribution in [3.05, 3.63) is 34.1 Å². The highest BCUT2D eigenvalue weighted by Gasteiger charge is 2.46. The zero-order chi connectivity index (χ0) is 11.9. The number of carbonyl (C=O) groups is 1. The summed E-state index contributed by atoms with van der Waals surface area (Å²) in [6.07, 6.45) is 0. The summed E-state index contributed by atoms with van der Waals surface area (Å²) in [5.74, 6) is -3.79. The van der Waals surface area contributed by atoms with Crippen molar-refractivity contribution in [3.63, 3.8) is 0 Å². The molecular formula is C10H7BrF3NO. The number of benzene rings is 1. The van der Waals surface area contributed by atoms with E-state index in [2.05, 4.69) is 15.9 Å². The predicted octanol–water partition coefficient (Wildman–Crippen LogP) is 2.68. The van der Waals surface area contributed by atoms with Gasteiger partial charge in [-0.15, -0.1) is 0 Å². The Morgan fingerprint density at radius 1 is 1.38 bits per heavy atom. The molecule has 1 aliphatic heterocycles. The quantitative estimate of drug-likeness (QED) is 0.780. The van der Waals surface area contributed by atoms with E-state index >= 15 is 0 Å². The maximum absolute atomic E-state index is 12.8. The minimum absolute atomic E-state index is 0.192. The molecule has 0 atom stereocenters. The van der Waals surface area contributed by atoms with Gasteiger partial charge in [0, 0.05) is 4.47 Å². The largest absolute Gasteiger partial charge is 0.326 e. The molecule has 1 heterocycles. The zero-order valence-electron chi connectivity index (χ0n) is 8.01. The molecular weight excluding hydrogens is 287 g/mol. The molecule has 1 aromatic carbocycles. The summed E-state index contributed by atoms with van der Waals surface area (Å²) in [5, 5.41) is 0. The topological polar surface area (TPSA) is 20.3 Å². The Bertz CT molecular complexity index is 442. The third kappa shape index (κ3) is 2.07. The van der Waals surface area contributed by atoms with Gasteiger partial charge in [0.25, 0.3) is 11.8 Å². The van der Waals surface area contributed by atoms with E-state index in [1.165, 1.54) is 6.07 Å². The average Bonchev–Trinajstić information content (AvgIpc) is 2.13. The van der Waals surface area contributed by atoms with Crippen molar-refractivity contribution in [2.75, 3.05) is 13.1 Å². The predicted molar refractivity (Wildman–Crippen MR) is 55.0 cm³/mol. The molecule has 1 saturated heterocycles. The molecule has 2 rings (SSSR count). The molecule has 0 N–H and O–H groups in total. The number of alkyl halides is 2. The Hall–Kier alpha value is -1.04. The van der Waals surface area contributed by atoms with E-state index in [9.17, 15) is 18.0 Å². The number of hydrogen-bond acceptors (Lipinski definition) is 1. The van der Waals surface area contributed by atoms with Crippen LogP contribution in [0.1, 0.15) is 10.4 Å². The zero-order valence-corrected chi connectivity index (χ0v) is 9.60. The van der Waals surface area contributed by atoms with Crippen LogP contribution >= 0.6 is 15.9 Å². The molecule has 1 fully saturated rings. The van der Waals surface area contributed by atoms with Crippen LogP contribution in [0.25, 0.3) is 0 Å². The Morgan fingerprint density at radius 2 is 2.00 bits per heavy atom. The third-order valence-electron chi connectivity index (χ3n) is 2.29. The van der Waals surface area contributed by atoms with Gasteiger partial charge in [0.05, 0.1) is 18.7 Å². The van der Waals surface area contributed by atoms with Crippen LogP contribution in [0.2, 0.25) is 0 Å². The van der Waals surface area contributed by atoms with Gasteiger partial charge in [-0.1, -0.05) is 0 Å². The minimum Gasteiger partial charge on any atom is -0.326 e. The molecule has 0 aromatic heterocycles. The number of hydrogen-bond donors (Lipinski definition) is 0. The molecule has 86 valence electrons. The van der Waals surface area contributed by atoms with Crippen LogP contribution in [0.15, 0.2) is 22.7 Å². The molecule has 0 aliphatic carbocycles. The Morgan fingerprint density at radius 3 is 2.50 bits per heavy atom. The van der Waals surface area contributed by atoms with Gasteiger partial charge < -0.3 is 4.90 Å². The Labute approximate surface area is 98.2 Å². The highest BCUT2D eigenvalue weighted by Crippen LogP contribution is 2.29. The smallest absolute Gasteiger partial charge is 0.282 e. The fourth-order valence-electron chi connectivity index (χ4n) is 1.49. The molecule has 1 aliphatic rings. The van der Waals surface area contributed by atoms with Gasteiger partial charge in [0.2, 0.25) is 0 Å². The monoisotopic (exact) mass is 293 g/mol. The van der Waals surface area contributed by atoms with E-state index in [1.54, 1.807) is 0 Å². The number of rotatable bonds is 1. The summed E-state index contributed by atoms with van der Waals surface area (Å²) < 4.78 is 38.2. The number of likely N-dealkylation sites (tertiary alicyclic amines) is 1. The van der Waals surface area contributed by atoms with Gasteiger partial charge >= 0.3 is 0 Å². The standard InChI is InChI=1S/C10H7BrF3NO/c11-8-3-6(12)1-2-7(8)9(16)15-4-10(13,14)5-15/h1-3H,4-5H2. The molecule has 1 amide bonds. The second-order valence-electron chi connectivity index (χ2n) is 3.64. The van der Waals surface area contributed by atoms with Crippen molar-refractivity contribution in [1.82, 2.24) is 4.90 Å². The average molecular weight is 294 g/mol. The van der Waals surface area contributed by atoms with Crippen molar-refractivity contribution < 1.29 is 18.0 Å². The first-order valence-corrected chi connectivity index (χ1v) is 5.30. The SMILES string of the molecule is O=C(c1ccc(F)cc1Br)N1CC(F)(F)C1. The fourth-order valence-corrected chi connectivity index (χ4v) is 2.01. The maximum Gasteiger partial charge on any atom is 0.282 e. The molecule has 0 unspecified atom stereocenters. The molecule has 6 heteroatoms. The molecule has 0 saturated carbocycles. The first-order chi connectivity index (χ1) is 7.39.